The lowest BCUT2D eigenvalue weighted by Gasteiger charge is -2.32. The molecule has 1 nitrogen and oxygen atoms in total. The minimum Gasteiger partial charge on any atom is -0.299 e. The summed E-state index contributed by atoms with van der Waals surface area (Å²) in [6.45, 7) is 6.46. The Kier molecular flexibility index (Phi) is 1.03. The molecular weight excluding hydrogens is 136 g/mol. The zero-order valence-electron chi connectivity index (χ0n) is 7.35. The SMILES string of the molecule is CC1(C)[C@@H]2C=C[C@@]1(C)C(=O)C2. The monoisotopic (exact) mass is 150 g/mol. The number of carbonyl (C=O) groups is 1. The second-order valence-corrected chi connectivity index (χ2v) is 4.52. The van der Waals surface area contributed by atoms with Crippen LogP contribution in [0.3, 0.4) is 0 Å². The Morgan fingerprint density at radius 1 is 1.45 bits per heavy atom. The highest BCUT2D eigenvalue weighted by Crippen LogP contribution is 2.59. The van der Waals surface area contributed by atoms with Crippen molar-refractivity contribution in [2.24, 2.45) is 16.7 Å². The standard InChI is InChI=1S/C10H14O/c1-9(2)7-4-5-10(9,3)8(11)6-7/h4-5,7H,6H2,1-3H3/t7-,10+/m1/s1. The van der Waals surface area contributed by atoms with Gasteiger partial charge in [0.15, 0.2) is 0 Å². The second kappa shape index (κ2) is 1.60. The van der Waals surface area contributed by atoms with E-state index in [2.05, 4.69) is 32.9 Å². The van der Waals surface area contributed by atoms with E-state index >= 15 is 0 Å². The van der Waals surface area contributed by atoms with Gasteiger partial charge in [0.2, 0.25) is 0 Å². The predicted octanol–water partition coefficient (Wildman–Crippen LogP) is 2.18. The maximum absolute atomic E-state index is 11.5. The van der Waals surface area contributed by atoms with Crippen LogP contribution in [0, 0.1) is 16.7 Å². The fraction of sp³-hybridized carbons (Fsp3) is 0.700. The molecule has 1 heteroatoms. The number of rotatable bonds is 0. The molecule has 0 aromatic heterocycles. The molecule has 0 N–H and O–H groups in total. The van der Waals surface area contributed by atoms with Crippen molar-refractivity contribution in [3.05, 3.63) is 12.2 Å². The minimum atomic E-state index is -0.155. The Morgan fingerprint density at radius 3 is 2.27 bits per heavy atom. The van der Waals surface area contributed by atoms with E-state index in [0.29, 0.717) is 11.7 Å². The predicted molar refractivity (Wildman–Crippen MR) is 44.1 cm³/mol. The maximum Gasteiger partial charge on any atom is 0.143 e. The Labute approximate surface area is 67.5 Å². The first-order valence-corrected chi connectivity index (χ1v) is 4.21. The molecule has 2 bridgehead atoms. The average molecular weight is 150 g/mol. The molecule has 0 saturated heterocycles. The van der Waals surface area contributed by atoms with E-state index in [1.807, 2.05) is 0 Å². The summed E-state index contributed by atoms with van der Waals surface area (Å²) in [5.74, 6) is 0.926. The van der Waals surface area contributed by atoms with E-state index in [-0.39, 0.29) is 10.8 Å². The average Bonchev–Trinajstić information content (AvgIpc) is 2.20. The molecule has 11 heavy (non-hydrogen) atoms. The van der Waals surface area contributed by atoms with Crippen molar-refractivity contribution in [3.63, 3.8) is 0 Å². The third kappa shape index (κ3) is 0.559. The van der Waals surface area contributed by atoms with Crippen molar-refractivity contribution in [2.75, 3.05) is 0 Å². The number of allylic oxidation sites excluding steroid dienone is 2. The number of Topliss-reactive ketones (excluding diaryl/α,β-unsaturated/α-hetero) is 1. The quantitative estimate of drug-likeness (QED) is 0.484. The van der Waals surface area contributed by atoms with Gasteiger partial charge < -0.3 is 0 Å². The molecule has 0 radical (unpaired) electrons. The molecule has 60 valence electrons. The molecule has 0 aliphatic heterocycles. The van der Waals surface area contributed by atoms with Crippen molar-refractivity contribution >= 4 is 5.78 Å². The highest BCUT2D eigenvalue weighted by atomic mass is 16.1. The summed E-state index contributed by atoms with van der Waals surface area (Å²) < 4.78 is 0. The van der Waals surface area contributed by atoms with Gasteiger partial charge in [0.1, 0.15) is 5.78 Å². The summed E-state index contributed by atoms with van der Waals surface area (Å²) in [6, 6.07) is 0. The third-order valence-corrected chi connectivity index (χ3v) is 3.91. The van der Waals surface area contributed by atoms with Gasteiger partial charge in [0, 0.05) is 11.8 Å². The van der Waals surface area contributed by atoms with Crippen molar-refractivity contribution < 1.29 is 4.79 Å². The van der Waals surface area contributed by atoms with E-state index in [4.69, 9.17) is 0 Å². The van der Waals surface area contributed by atoms with Gasteiger partial charge in [-0.1, -0.05) is 26.0 Å². The molecule has 2 atom stereocenters. The summed E-state index contributed by atoms with van der Waals surface area (Å²) >= 11 is 0. The lowest BCUT2D eigenvalue weighted by Crippen LogP contribution is -2.32. The van der Waals surface area contributed by atoms with Crippen LogP contribution in [0.25, 0.3) is 0 Å². The maximum atomic E-state index is 11.5. The van der Waals surface area contributed by atoms with Crippen LogP contribution in [0.15, 0.2) is 12.2 Å². The smallest absolute Gasteiger partial charge is 0.143 e. The van der Waals surface area contributed by atoms with Gasteiger partial charge >= 0.3 is 0 Å². The lowest BCUT2D eigenvalue weighted by atomic mass is 9.70. The molecule has 1 saturated carbocycles. The van der Waals surface area contributed by atoms with E-state index in [1.54, 1.807) is 0 Å². The highest BCUT2D eigenvalue weighted by molar-refractivity contribution is 5.91. The largest absolute Gasteiger partial charge is 0.299 e. The normalized spacial score (nSPS) is 45.4. The first kappa shape index (κ1) is 7.08. The molecule has 0 unspecified atom stereocenters. The third-order valence-electron chi connectivity index (χ3n) is 3.91. The molecule has 0 heterocycles. The number of ketones is 1. The van der Waals surface area contributed by atoms with Gasteiger partial charge in [0.05, 0.1) is 0 Å². The van der Waals surface area contributed by atoms with Gasteiger partial charge in [-0.3, -0.25) is 4.79 Å². The van der Waals surface area contributed by atoms with Gasteiger partial charge in [-0.05, 0) is 18.3 Å². The van der Waals surface area contributed by atoms with E-state index in [0.717, 1.165) is 6.42 Å². The van der Waals surface area contributed by atoms with Crippen molar-refractivity contribution in [1.82, 2.24) is 0 Å². The molecule has 0 spiro atoms. The molecule has 0 amide bonds. The first-order valence-electron chi connectivity index (χ1n) is 4.21. The van der Waals surface area contributed by atoms with Crippen molar-refractivity contribution in [3.8, 4) is 0 Å². The zero-order chi connectivity index (χ0) is 8.28. The molecular formula is C10H14O. The van der Waals surface area contributed by atoms with Gasteiger partial charge in [-0.15, -0.1) is 0 Å². The molecule has 2 aliphatic rings. The fourth-order valence-corrected chi connectivity index (χ4v) is 2.34. The lowest BCUT2D eigenvalue weighted by molar-refractivity contribution is -0.125. The van der Waals surface area contributed by atoms with Crippen LogP contribution in [0.4, 0.5) is 0 Å². The minimum absolute atomic E-state index is 0.155. The molecule has 0 aromatic carbocycles. The molecule has 2 aliphatic carbocycles. The van der Waals surface area contributed by atoms with Crippen LogP contribution >= 0.6 is 0 Å². The Morgan fingerprint density at radius 2 is 2.09 bits per heavy atom. The molecule has 2 rings (SSSR count). The molecule has 1 fully saturated rings. The number of hydrogen-bond acceptors (Lipinski definition) is 1. The van der Waals surface area contributed by atoms with Crippen molar-refractivity contribution in [2.45, 2.75) is 27.2 Å². The van der Waals surface area contributed by atoms with Crippen LogP contribution in [0.5, 0.6) is 0 Å². The van der Waals surface area contributed by atoms with Gasteiger partial charge in [0.25, 0.3) is 0 Å². The van der Waals surface area contributed by atoms with Crippen LogP contribution in [0.1, 0.15) is 27.2 Å². The topological polar surface area (TPSA) is 17.1 Å². The fourth-order valence-electron chi connectivity index (χ4n) is 2.34. The Bertz CT molecular complexity index is 250. The Hall–Kier alpha value is -0.590. The summed E-state index contributed by atoms with van der Waals surface area (Å²) in [6.07, 6.45) is 5.07. The summed E-state index contributed by atoms with van der Waals surface area (Å²) in [5, 5.41) is 0. The van der Waals surface area contributed by atoms with Crippen LogP contribution in [0.2, 0.25) is 0 Å². The highest BCUT2D eigenvalue weighted by Gasteiger charge is 2.58. The number of hydrogen-bond donors (Lipinski definition) is 0. The van der Waals surface area contributed by atoms with Gasteiger partial charge in [-0.25, -0.2) is 0 Å². The van der Waals surface area contributed by atoms with Crippen LogP contribution < -0.4 is 0 Å². The molecule has 0 aromatic rings. The summed E-state index contributed by atoms with van der Waals surface area (Å²) in [5.41, 5.74) is 0.0156. The van der Waals surface area contributed by atoms with Crippen LogP contribution in [-0.2, 0) is 4.79 Å². The van der Waals surface area contributed by atoms with E-state index in [1.165, 1.54) is 0 Å². The van der Waals surface area contributed by atoms with Gasteiger partial charge in [-0.2, -0.15) is 0 Å². The van der Waals surface area contributed by atoms with E-state index in [9.17, 15) is 4.79 Å². The summed E-state index contributed by atoms with van der Waals surface area (Å²) in [4.78, 5) is 11.5. The number of fused-ring (bicyclic) bond motifs is 2. The van der Waals surface area contributed by atoms with Crippen molar-refractivity contribution in [1.29, 1.82) is 0 Å². The van der Waals surface area contributed by atoms with E-state index < -0.39 is 0 Å². The zero-order valence-corrected chi connectivity index (χ0v) is 7.35. The summed E-state index contributed by atoms with van der Waals surface area (Å²) in [7, 11) is 0. The second-order valence-electron chi connectivity index (χ2n) is 4.52. The van der Waals surface area contributed by atoms with Crippen LogP contribution in [-0.4, -0.2) is 5.78 Å². The number of carbonyl (C=O) groups excluding carboxylic acids is 1. The first-order chi connectivity index (χ1) is 4.98. The Balaban J connectivity index is 2.55.